The molecule has 0 atom stereocenters. The first-order chi connectivity index (χ1) is 11.1. The molecule has 0 radical (unpaired) electrons. The molecule has 24 heavy (non-hydrogen) atoms. The predicted octanol–water partition coefficient (Wildman–Crippen LogP) is 2.92. The zero-order valence-corrected chi connectivity index (χ0v) is 14.1. The number of benzene rings is 2. The summed E-state index contributed by atoms with van der Waals surface area (Å²) in [5.74, 6) is -2.58. The molecule has 128 valence electrons. The molecule has 2 aromatic carbocycles. The van der Waals surface area contributed by atoms with Crippen molar-refractivity contribution < 1.29 is 22.0 Å². The quantitative estimate of drug-likeness (QED) is 0.918. The van der Waals surface area contributed by atoms with Crippen LogP contribution in [0, 0.1) is 18.6 Å². The van der Waals surface area contributed by atoms with E-state index in [-0.39, 0.29) is 11.3 Å². The number of hydrogen-bond acceptors (Lipinski definition) is 3. The molecule has 0 heterocycles. The van der Waals surface area contributed by atoms with Crippen LogP contribution in [-0.4, -0.2) is 27.6 Å². The number of carbonyl (C=O) groups is 1. The van der Waals surface area contributed by atoms with Gasteiger partial charge in [0.2, 0.25) is 10.0 Å². The Hall–Kier alpha value is -2.48. The minimum atomic E-state index is -3.41. The molecule has 0 aliphatic rings. The predicted molar refractivity (Wildman–Crippen MR) is 88.7 cm³/mol. The number of hydrogen-bond donors (Lipinski definition) is 1. The fourth-order valence-corrected chi connectivity index (χ4v) is 2.67. The third kappa shape index (κ3) is 3.88. The fourth-order valence-electron chi connectivity index (χ4n) is 2.11. The van der Waals surface area contributed by atoms with Crippen molar-refractivity contribution in [2.75, 3.05) is 22.9 Å². The van der Waals surface area contributed by atoms with Crippen molar-refractivity contribution in [1.29, 1.82) is 0 Å². The van der Waals surface area contributed by atoms with E-state index in [4.69, 9.17) is 0 Å². The van der Waals surface area contributed by atoms with Crippen molar-refractivity contribution in [3.63, 3.8) is 0 Å². The van der Waals surface area contributed by atoms with E-state index in [0.717, 1.165) is 22.7 Å². The molecule has 0 saturated carbocycles. The molecule has 0 aliphatic carbocycles. The van der Waals surface area contributed by atoms with Crippen LogP contribution in [0.15, 0.2) is 36.4 Å². The Kier molecular flexibility index (Phi) is 4.88. The maximum Gasteiger partial charge on any atom is 0.255 e. The van der Waals surface area contributed by atoms with E-state index in [1.165, 1.54) is 31.3 Å². The highest BCUT2D eigenvalue weighted by Crippen LogP contribution is 2.23. The Morgan fingerprint density at radius 3 is 2.29 bits per heavy atom. The van der Waals surface area contributed by atoms with Crippen molar-refractivity contribution in [2.24, 2.45) is 0 Å². The van der Waals surface area contributed by atoms with E-state index in [9.17, 15) is 22.0 Å². The molecular weight excluding hydrogens is 338 g/mol. The summed E-state index contributed by atoms with van der Waals surface area (Å²) >= 11 is 0. The Bertz CT molecular complexity index is 898. The van der Waals surface area contributed by atoms with Gasteiger partial charge < -0.3 is 5.32 Å². The Morgan fingerprint density at radius 1 is 1.08 bits per heavy atom. The number of carbonyl (C=O) groups excluding carboxylic acids is 1. The average Bonchev–Trinajstić information content (AvgIpc) is 2.49. The van der Waals surface area contributed by atoms with Crippen molar-refractivity contribution in [1.82, 2.24) is 0 Å². The highest BCUT2D eigenvalue weighted by molar-refractivity contribution is 7.92. The molecule has 0 bridgehead atoms. The molecule has 0 aromatic heterocycles. The first-order valence-corrected chi connectivity index (χ1v) is 8.75. The van der Waals surface area contributed by atoms with E-state index < -0.39 is 27.6 Å². The molecular formula is C16H16F2N2O3S. The molecule has 2 rings (SSSR count). The molecule has 0 fully saturated rings. The van der Waals surface area contributed by atoms with Crippen LogP contribution in [0.4, 0.5) is 20.2 Å². The molecule has 1 N–H and O–H groups in total. The highest BCUT2D eigenvalue weighted by Gasteiger charge is 2.16. The lowest BCUT2D eigenvalue weighted by Crippen LogP contribution is -2.25. The van der Waals surface area contributed by atoms with Gasteiger partial charge in [0.15, 0.2) is 11.6 Å². The second-order valence-electron chi connectivity index (χ2n) is 5.31. The van der Waals surface area contributed by atoms with Gasteiger partial charge in [-0.3, -0.25) is 9.10 Å². The second kappa shape index (κ2) is 6.56. The number of amides is 1. The largest absolute Gasteiger partial charge is 0.322 e. The van der Waals surface area contributed by atoms with Crippen LogP contribution in [0.1, 0.15) is 15.9 Å². The first-order valence-electron chi connectivity index (χ1n) is 6.90. The minimum absolute atomic E-state index is 0.119. The first kappa shape index (κ1) is 17.9. The standard InChI is InChI=1S/C16H16F2N2O3S/c1-10-8-11(4-7-15(10)20(2)24(3,22)23)16(21)19-12-5-6-13(17)14(18)9-12/h4-9H,1-3H3,(H,19,21). The average molecular weight is 354 g/mol. The van der Waals surface area contributed by atoms with Gasteiger partial charge in [-0.25, -0.2) is 17.2 Å². The van der Waals surface area contributed by atoms with E-state index >= 15 is 0 Å². The van der Waals surface area contributed by atoms with Gasteiger partial charge in [0, 0.05) is 24.4 Å². The van der Waals surface area contributed by atoms with Gasteiger partial charge in [-0.05, 0) is 42.8 Å². The van der Waals surface area contributed by atoms with Crippen molar-refractivity contribution in [2.45, 2.75) is 6.92 Å². The van der Waals surface area contributed by atoms with E-state index in [1.807, 2.05) is 0 Å². The minimum Gasteiger partial charge on any atom is -0.322 e. The van der Waals surface area contributed by atoms with Crippen LogP contribution < -0.4 is 9.62 Å². The molecule has 0 unspecified atom stereocenters. The van der Waals surface area contributed by atoms with Crippen LogP contribution in [-0.2, 0) is 10.0 Å². The summed E-state index contributed by atoms with van der Waals surface area (Å²) in [4.78, 5) is 12.2. The zero-order chi connectivity index (χ0) is 18.1. The maximum atomic E-state index is 13.2. The number of anilines is 2. The van der Waals surface area contributed by atoms with Crippen molar-refractivity contribution in [3.8, 4) is 0 Å². The number of aryl methyl sites for hydroxylation is 1. The SMILES string of the molecule is Cc1cc(C(=O)Nc2ccc(F)c(F)c2)ccc1N(C)S(C)(=O)=O. The van der Waals surface area contributed by atoms with E-state index in [2.05, 4.69) is 5.32 Å². The number of nitrogens with zero attached hydrogens (tertiary/aromatic N) is 1. The molecule has 5 nitrogen and oxygen atoms in total. The molecule has 8 heteroatoms. The summed E-state index contributed by atoms with van der Waals surface area (Å²) in [6.45, 7) is 1.67. The summed E-state index contributed by atoms with van der Waals surface area (Å²) in [6, 6.07) is 7.53. The van der Waals surface area contributed by atoms with E-state index in [0.29, 0.717) is 11.3 Å². The van der Waals surface area contributed by atoms with Crippen LogP contribution in [0.3, 0.4) is 0 Å². The smallest absolute Gasteiger partial charge is 0.255 e. The summed E-state index contributed by atoms with van der Waals surface area (Å²) in [7, 11) is -2.00. The van der Waals surface area contributed by atoms with Gasteiger partial charge in [-0.15, -0.1) is 0 Å². The van der Waals surface area contributed by atoms with Gasteiger partial charge >= 0.3 is 0 Å². The van der Waals surface area contributed by atoms with Gasteiger partial charge in [0.1, 0.15) is 0 Å². The van der Waals surface area contributed by atoms with Crippen molar-refractivity contribution >= 4 is 27.3 Å². The summed E-state index contributed by atoms with van der Waals surface area (Å²) in [5, 5.41) is 2.45. The molecule has 0 spiro atoms. The molecule has 1 amide bonds. The third-order valence-corrected chi connectivity index (χ3v) is 4.66. The van der Waals surface area contributed by atoms with Gasteiger partial charge in [-0.1, -0.05) is 0 Å². The Labute approximate surface area is 139 Å². The number of rotatable bonds is 4. The Morgan fingerprint density at radius 2 is 1.75 bits per heavy atom. The number of halogens is 2. The lowest BCUT2D eigenvalue weighted by atomic mass is 10.1. The molecule has 2 aromatic rings. The summed E-state index contributed by atoms with van der Waals surface area (Å²) in [6.07, 6.45) is 1.08. The monoisotopic (exact) mass is 354 g/mol. The summed E-state index contributed by atoms with van der Waals surface area (Å²) < 4.78 is 50.3. The summed E-state index contributed by atoms with van der Waals surface area (Å²) in [5.41, 5.74) is 1.42. The Balaban J connectivity index is 2.25. The highest BCUT2D eigenvalue weighted by atomic mass is 32.2. The lowest BCUT2D eigenvalue weighted by Gasteiger charge is -2.19. The molecule has 0 aliphatic heterocycles. The van der Waals surface area contributed by atoms with Gasteiger partial charge in [0.05, 0.1) is 11.9 Å². The van der Waals surface area contributed by atoms with Crippen LogP contribution in [0.25, 0.3) is 0 Å². The van der Waals surface area contributed by atoms with Crippen LogP contribution >= 0.6 is 0 Å². The number of nitrogens with one attached hydrogen (secondary N) is 1. The number of sulfonamides is 1. The fraction of sp³-hybridized carbons (Fsp3) is 0.188. The molecule has 0 saturated heterocycles. The maximum absolute atomic E-state index is 13.2. The van der Waals surface area contributed by atoms with Gasteiger partial charge in [0.25, 0.3) is 5.91 Å². The van der Waals surface area contributed by atoms with E-state index in [1.54, 1.807) is 6.92 Å². The van der Waals surface area contributed by atoms with Crippen molar-refractivity contribution in [3.05, 3.63) is 59.2 Å². The zero-order valence-electron chi connectivity index (χ0n) is 13.3. The lowest BCUT2D eigenvalue weighted by molar-refractivity contribution is 0.102. The van der Waals surface area contributed by atoms with Gasteiger partial charge in [-0.2, -0.15) is 0 Å². The third-order valence-electron chi connectivity index (χ3n) is 3.47. The second-order valence-corrected chi connectivity index (χ2v) is 7.33. The normalized spacial score (nSPS) is 11.2. The topological polar surface area (TPSA) is 66.5 Å². The van der Waals surface area contributed by atoms with Crippen LogP contribution in [0.5, 0.6) is 0 Å². The van der Waals surface area contributed by atoms with Crippen LogP contribution in [0.2, 0.25) is 0 Å².